The van der Waals surface area contributed by atoms with E-state index in [0.717, 1.165) is 11.5 Å². The van der Waals surface area contributed by atoms with Gasteiger partial charge >= 0.3 is 5.97 Å². The molecule has 0 saturated heterocycles. The first-order valence-electron chi connectivity index (χ1n) is 5.09. The van der Waals surface area contributed by atoms with E-state index in [1.807, 2.05) is 6.92 Å². The van der Waals surface area contributed by atoms with E-state index in [1.54, 1.807) is 17.8 Å². The van der Waals surface area contributed by atoms with Crippen molar-refractivity contribution in [3.8, 4) is 0 Å². The van der Waals surface area contributed by atoms with Gasteiger partial charge in [0, 0.05) is 0 Å². The lowest BCUT2D eigenvalue weighted by molar-refractivity contribution is 0.0660. The van der Waals surface area contributed by atoms with E-state index in [2.05, 4.69) is 6.92 Å². The molecule has 0 aromatic carbocycles. The van der Waals surface area contributed by atoms with Crippen molar-refractivity contribution < 1.29 is 14.3 Å². The van der Waals surface area contributed by atoms with Gasteiger partial charge in [-0.05, 0) is 31.2 Å². The minimum Gasteiger partial charge on any atom is -0.475 e. The van der Waals surface area contributed by atoms with E-state index in [9.17, 15) is 4.79 Å². The predicted molar refractivity (Wildman–Crippen MR) is 61.4 cm³/mol. The first kappa shape index (κ1) is 12.2. The van der Waals surface area contributed by atoms with Gasteiger partial charge in [-0.15, -0.1) is 0 Å². The van der Waals surface area contributed by atoms with Crippen LogP contribution < -0.4 is 0 Å². The second kappa shape index (κ2) is 5.85. The summed E-state index contributed by atoms with van der Waals surface area (Å²) < 4.78 is 5.22. The lowest BCUT2D eigenvalue weighted by atomic mass is 10.3. The second-order valence-corrected chi connectivity index (χ2v) is 4.82. The Bertz CT molecular complexity index is 319. The molecule has 1 aromatic heterocycles. The van der Waals surface area contributed by atoms with Gasteiger partial charge in [0.15, 0.2) is 0 Å². The molecule has 0 bridgehead atoms. The fourth-order valence-electron chi connectivity index (χ4n) is 1.17. The third kappa shape index (κ3) is 3.63. The van der Waals surface area contributed by atoms with Crippen molar-refractivity contribution in [1.29, 1.82) is 0 Å². The van der Waals surface area contributed by atoms with Gasteiger partial charge in [0.25, 0.3) is 0 Å². The molecule has 0 fully saturated rings. The Kier molecular flexibility index (Phi) is 4.75. The summed E-state index contributed by atoms with van der Waals surface area (Å²) in [6, 6.07) is 3.25. The van der Waals surface area contributed by atoms with Gasteiger partial charge in [0.2, 0.25) is 5.76 Å². The number of hydrogen-bond donors (Lipinski definition) is 1. The number of rotatable bonds is 6. The molecule has 4 heteroatoms. The maximum Gasteiger partial charge on any atom is 0.371 e. The number of thioether (sulfide) groups is 1. The predicted octanol–water partition coefficient (Wildman–Crippen LogP) is 3.57. The average Bonchev–Trinajstić information content (AvgIpc) is 2.66. The highest BCUT2D eigenvalue weighted by Crippen LogP contribution is 2.30. The van der Waals surface area contributed by atoms with Crippen molar-refractivity contribution in [3.63, 3.8) is 0 Å². The Morgan fingerprint density at radius 2 is 2.33 bits per heavy atom. The van der Waals surface area contributed by atoms with Crippen LogP contribution in [0.15, 0.2) is 16.5 Å². The number of carboxylic acids is 1. The van der Waals surface area contributed by atoms with Crippen molar-refractivity contribution in [1.82, 2.24) is 0 Å². The van der Waals surface area contributed by atoms with Crippen LogP contribution in [0, 0.1) is 0 Å². The number of carbonyl (C=O) groups is 1. The molecule has 1 rings (SSSR count). The molecule has 1 heterocycles. The van der Waals surface area contributed by atoms with Gasteiger partial charge in [0.1, 0.15) is 5.76 Å². The maximum atomic E-state index is 10.6. The molecular weight excluding hydrogens is 212 g/mol. The molecule has 0 radical (unpaired) electrons. The normalized spacial score (nSPS) is 12.7. The van der Waals surface area contributed by atoms with Crippen LogP contribution in [-0.4, -0.2) is 16.8 Å². The lowest BCUT2D eigenvalue weighted by Crippen LogP contribution is -1.92. The highest BCUT2D eigenvalue weighted by molar-refractivity contribution is 7.99. The summed E-state index contributed by atoms with van der Waals surface area (Å²) in [6.45, 7) is 4.19. The molecule has 0 saturated carbocycles. The molecule has 84 valence electrons. The van der Waals surface area contributed by atoms with Crippen LogP contribution in [0.3, 0.4) is 0 Å². The fourth-order valence-corrected chi connectivity index (χ4v) is 2.27. The van der Waals surface area contributed by atoms with Gasteiger partial charge in [0.05, 0.1) is 5.25 Å². The zero-order chi connectivity index (χ0) is 11.3. The van der Waals surface area contributed by atoms with Crippen LogP contribution in [0.1, 0.15) is 48.3 Å². The van der Waals surface area contributed by atoms with E-state index in [1.165, 1.54) is 18.9 Å². The van der Waals surface area contributed by atoms with Gasteiger partial charge in [-0.25, -0.2) is 4.79 Å². The Morgan fingerprint density at radius 3 is 2.87 bits per heavy atom. The van der Waals surface area contributed by atoms with Crippen LogP contribution in [0.5, 0.6) is 0 Å². The molecule has 15 heavy (non-hydrogen) atoms. The van der Waals surface area contributed by atoms with Crippen molar-refractivity contribution >= 4 is 17.7 Å². The monoisotopic (exact) mass is 228 g/mol. The van der Waals surface area contributed by atoms with Crippen molar-refractivity contribution in [3.05, 3.63) is 23.7 Å². The summed E-state index contributed by atoms with van der Waals surface area (Å²) in [5, 5.41) is 8.92. The summed E-state index contributed by atoms with van der Waals surface area (Å²) in [5.41, 5.74) is 0. The summed E-state index contributed by atoms with van der Waals surface area (Å²) in [6.07, 6.45) is 2.36. The van der Waals surface area contributed by atoms with E-state index in [4.69, 9.17) is 9.52 Å². The van der Waals surface area contributed by atoms with Gasteiger partial charge in [-0.2, -0.15) is 11.8 Å². The van der Waals surface area contributed by atoms with E-state index < -0.39 is 5.97 Å². The zero-order valence-electron chi connectivity index (χ0n) is 9.03. The first-order valence-corrected chi connectivity index (χ1v) is 6.14. The maximum absolute atomic E-state index is 10.6. The Labute approximate surface area is 93.9 Å². The van der Waals surface area contributed by atoms with E-state index >= 15 is 0 Å². The van der Waals surface area contributed by atoms with E-state index in [-0.39, 0.29) is 11.0 Å². The van der Waals surface area contributed by atoms with Gasteiger partial charge in [-0.1, -0.05) is 13.3 Å². The number of furan rings is 1. The van der Waals surface area contributed by atoms with Gasteiger partial charge < -0.3 is 9.52 Å². The lowest BCUT2D eigenvalue weighted by Gasteiger charge is -2.06. The Hall–Kier alpha value is -0.900. The summed E-state index contributed by atoms with van der Waals surface area (Å²) in [7, 11) is 0. The minimum atomic E-state index is -1.01. The SMILES string of the molecule is CCCCSC(C)c1ccc(C(=O)O)o1. The Balaban J connectivity index is 2.50. The van der Waals surface area contributed by atoms with Crippen molar-refractivity contribution in [2.45, 2.75) is 31.9 Å². The largest absolute Gasteiger partial charge is 0.475 e. The zero-order valence-corrected chi connectivity index (χ0v) is 9.84. The summed E-state index contributed by atoms with van der Waals surface area (Å²) in [5.74, 6) is 0.842. The molecule has 1 N–H and O–H groups in total. The second-order valence-electron chi connectivity index (χ2n) is 3.37. The molecule has 0 spiro atoms. The molecule has 1 atom stereocenters. The standard InChI is InChI=1S/C11H16O3S/c1-3-4-7-15-8(2)9-5-6-10(14-9)11(12)13/h5-6,8H,3-4,7H2,1-2H3,(H,12,13). The first-order chi connectivity index (χ1) is 7.15. The minimum absolute atomic E-state index is 0.0212. The van der Waals surface area contributed by atoms with Crippen LogP contribution in [0.2, 0.25) is 0 Å². The third-order valence-corrected chi connectivity index (χ3v) is 3.36. The molecule has 1 unspecified atom stereocenters. The van der Waals surface area contributed by atoms with Crippen LogP contribution in [0.4, 0.5) is 0 Å². The number of aromatic carboxylic acids is 1. The third-order valence-electron chi connectivity index (χ3n) is 2.10. The number of unbranched alkanes of at least 4 members (excludes halogenated alkanes) is 1. The number of carboxylic acid groups (broad SMARTS) is 1. The molecule has 0 aliphatic heterocycles. The average molecular weight is 228 g/mol. The van der Waals surface area contributed by atoms with Crippen LogP contribution in [0.25, 0.3) is 0 Å². The molecule has 3 nitrogen and oxygen atoms in total. The smallest absolute Gasteiger partial charge is 0.371 e. The number of hydrogen-bond acceptors (Lipinski definition) is 3. The fraction of sp³-hybridized carbons (Fsp3) is 0.545. The van der Waals surface area contributed by atoms with Crippen LogP contribution in [-0.2, 0) is 0 Å². The molecule has 1 aromatic rings. The molecule has 0 aliphatic carbocycles. The van der Waals surface area contributed by atoms with Crippen molar-refractivity contribution in [2.75, 3.05) is 5.75 Å². The Morgan fingerprint density at radius 1 is 1.60 bits per heavy atom. The topological polar surface area (TPSA) is 50.4 Å². The molecule has 0 aliphatic rings. The van der Waals surface area contributed by atoms with Crippen molar-refractivity contribution in [2.24, 2.45) is 0 Å². The summed E-state index contributed by atoms with van der Waals surface area (Å²) in [4.78, 5) is 10.6. The summed E-state index contributed by atoms with van der Waals surface area (Å²) >= 11 is 1.79. The van der Waals surface area contributed by atoms with Crippen LogP contribution >= 0.6 is 11.8 Å². The van der Waals surface area contributed by atoms with Gasteiger partial charge in [-0.3, -0.25) is 0 Å². The molecule has 0 amide bonds. The highest BCUT2D eigenvalue weighted by atomic mass is 32.2. The highest BCUT2D eigenvalue weighted by Gasteiger charge is 2.13. The molecular formula is C11H16O3S. The van der Waals surface area contributed by atoms with E-state index in [0.29, 0.717) is 0 Å². The quantitative estimate of drug-likeness (QED) is 0.756.